The summed E-state index contributed by atoms with van der Waals surface area (Å²) in [5, 5.41) is 15.7. The summed E-state index contributed by atoms with van der Waals surface area (Å²) in [5.74, 6) is -0.0334. The number of aliphatic hydroxyl groups is 1. The number of nitrogens with one attached hydrogen (secondary N) is 2. The van der Waals surface area contributed by atoms with Crippen LogP contribution in [0.2, 0.25) is 0 Å². The minimum Gasteiger partial charge on any atom is -0.392 e. The summed E-state index contributed by atoms with van der Waals surface area (Å²) in [6.45, 7) is 9.10. The van der Waals surface area contributed by atoms with Crippen LogP contribution in [0.3, 0.4) is 0 Å². The maximum Gasteiger partial charge on any atom is 0.272 e. The van der Waals surface area contributed by atoms with Crippen LogP contribution in [0.15, 0.2) is 72.8 Å². The summed E-state index contributed by atoms with van der Waals surface area (Å²) in [5.41, 5.74) is 5.18. The zero-order valence-electron chi connectivity index (χ0n) is 31.0. The number of amides is 2. The van der Waals surface area contributed by atoms with E-state index < -0.39 is 16.0 Å². The highest BCUT2D eigenvalue weighted by Crippen LogP contribution is 2.45. The molecule has 53 heavy (non-hydrogen) atoms. The first-order chi connectivity index (χ1) is 25.2. The fraction of sp³-hybridized carbons (Fsp3) is 0.524. The number of likely N-dealkylation sites (tertiary alicyclic amines) is 1. The number of hydrogen-bond donors (Lipinski definition) is 3. The van der Waals surface area contributed by atoms with Gasteiger partial charge >= 0.3 is 0 Å². The van der Waals surface area contributed by atoms with Crippen LogP contribution < -0.4 is 10.6 Å². The lowest BCUT2D eigenvalue weighted by Gasteiger charge is -2.51. The lowest BCUT2D eigenvalue weighted by molar-refractivity contribution is -0.278. The van der Waals surface area contributed by atoms with Crippen molar-refractivity contribution in [2.24, 2.45) is 11.8 Å². The molecule has 3 aliphatic rings. The van der Waals surface area contributed by atoms with Crippen LogP contribution in [-0.2, 0) is 32.2 Å². The van der Waals surface area contributed by atoms with Crippen molar-refractivity contribution in [3.8, 4) is 11.1 Å². The number of aliphatic hydroxyl groups excluding tert-OH is 1. The van der Waals surface area contributed by atoms with Crippen molar-refractivity contribution in [2.75, 3.05) is 6.54 Å². The van der Waals surface area contributed by atoms with Gasteiger partial charge in [-0.15, -0.1) is 0 Å². The van der Waals surface area contributed by atoms with Gasteiger partial charge in [-0.25, -0.2) is 0 Å². The Morgan fingerprint density at radius 1 is 0.849 bits per heavy atom. The molecule has 7 atom stereocenters. The first-order valence-corrected chi connectivity index (χ1v) is 20.0. The largest absolute Gasteiger partial charge is 0.392 e. The topological polar surface area (TPSA) is 100 Å². The van der Waals surface area contributed by atoms with Crippen molar-refractivity contribution in [3.05, 3.63) is 95.1 Å². The molecule has 3 fully saturated rings. The van der Waals surface area contributed by atoms with E-state index >= 15 is 0 Å². The van der Waals surface area contributed by atoms with Crippen LogP contribution >= 0.6 is 34.8 Å². The molecule has 2 amide bonds. The third kappa shape index (κ3) is 9.95. The standard InChI is InChI=1S/C42H52Cl3N3O5/c1-26-36(24-48-34-14-6-5-10-29(34)19-20-35(48)38(50)47-41(2,3)4)52-39(53-37(26)30-17-15-27(25-49)16-18-30)33-13-8-12-32(22-33)31-11-7-9-28(21-31)23-46-40(51)42(43,44)45/h7-9,11-13,15-18,21-22,26,29,34-37,39,49H,5-6,10,14,19-20,23-25H2,1-4H3,(H,46,51)(H,47,50)/t26-,29+,34+,35+,36+,37+,39+/m0/s1. The maximum absolute atomic E-state index is 13.9. The molecule has 2 heterocycles. The molecule has 3 N–H and O–H groups in total. The number of piperidine rings is 1. The number of benzene rings is 3. The third-order valence-corrected chi connectivity index (χ3v) is 11.5. The zero-order valence-corrected chi connectivity index (χ0v) is 33.3. The van der Waals surface area contributed by atoms with Crippen LogP contribution in [0, 0.1) is 11.8 Å². The van der Waals surface area contributed by atoms with Crippen LogP contribution in [0.25, 0.3) is 11.1 Å². The number of carbonyl (C=O) groups excluding carboxylic acids is 2. The lowest BCUT2D eigenvalue weighted by atomic mass is 9.75. The van der Waals surface area contributed by atoms with E-state index in [1.807, 2.05) is 87.5 Å². The van der Waals surface area contributed by atoms with Crippen molar-refractivity contribution in [1.82, 2.24) is 15.5 Å². The van der Waals surface area contributed by atoms with Crippen molar-refractivity contribution in [3.63, 3.8) is 0 Å². The van der Waals surface area contributed by atoms with Crippen molar-refractivity contribution >= 4 is 46.6 Å². The number of carbonyl (C=O) groups is 2. The quantitative estimate of drug-likeness (QED) is 0.188. The highest BCUT2D eigenvalue weighted by atomic mass is 35.6. The number of hydrogen-bond acceptors (Lipinski definition) is 6. The summed E-state index contributed by atoms with van der Waals surface area (Å²) in [6.07, 6.45) is 5.44. The maximum atomic E-state index is 13.9. The molecule has 6 rings (SSSR count). The van der Waals surface area contributed by atoms with E-state index in [4.69, 9.17) is 44.3 Å². The molecule has 0 unspecified atom stereocenters. The predicted molar refractivity (Wildman–Crippen MR) is 210 cm³/mol. The number of halogens is 3. The highest BCUT2D eigenvalue weighted by Gasteiger charge is 2.46. The van der Waals surface area contributed by atoms with E-state index in [1.54, 1.807) is 0 Å². The van der Waals surface area contributed by atoms with E-state index in [-0.39, 0.29) is 48.8 Å². The Balaban J connectivity index is 1.30. The van der Waals surface area contributed by atoms with Crippen LogP contribution in [0.4, 0.5) is 0 Å². The highest BCUT2D eigenvalue weighted by molar-refractivity contribution is 6.76. The van der Waals surface area contributed by atoms with Crippen LogP contribution in [-0.4, -0.2) is 55.9 Å². The smallest absolute Gasteiger partial charge is 0.272 e. The van der Waals surface area contributed by atoms with Gasteiger partial charge in [0.1, 0.15) is 0 Å². The Morgan fingerprint density at radius 3 is 2.25 bits per heavy atom. The number of ether oxygens (including phenoxy) is 2. The molecular weight excluding hydrogens is 733 g/mol. The minimum atomic E-state index is -2.04. The van der Waals surface area contributed by atoms with Crippen LogP contribution in [0.1, 0.15) is 101 Å². The molecule has 3 aromatic carbocycles. The minimum absolute atomic E-state index is 0.0238. The Bertz CT molecular complexity index is 1730. The van der Waals surface area contributed by atoms with Gasteiger partial charge in [0, 0.05) is 36.2 Å². The fourth-order valence-electron chi connectivity index (χ4n) is 8.27. The molecule has 1 saturated carbocycles. The Hall–Kier alpha value is -2.69. The van der Waals surface area contributed by atoms with Gasteiger partial charge in [-0.2, -0.15) is 0 Å². The van der Waals surface area contributed by atoms with Crippen molar-refractivity contribution < 1.29 is 24.2 Å². The monoisotopic (exact) mass is 783 g/mol. The molecule has 286 valence electrons. The van der Waals surface area contributed by atoms with Gasteiger partial charge in [0.15, 0.2) is 6.29 Å². The Morgan fingerprint density at radius 2 is 1.55 bits per heavy atom. The van der Waals surface area contributed by atoms with Gasteiger partial charge in [0.05, 0.1) is 24.9 Å². The molecule has 0 spiro atoms. The van der Waals surface area contributed by atoms with Gasteiger partial charge in [0.25, 0.3) is 9.70 Å². The normalized spacial score (nSPS) is 26.8. The van der Waals surface area contributed by atoms with Gasteiger partial charge in [-0.3, -0.25) is 14.5 Å². The van der Waals surface area contributed by atoms with Gasteiger partial charge in [0.2, 0.25) is 5.91 Å². The van der Waals surface area contributed by atoms with Crippen molar-refractivity contribution in [2.45, 2.75) is 119 Å². The molecule has 2 aliphatic heterocycles. The molecule has 0 bridgehead atoms. The molecule has 0 aromatic heterocycles. The number of fused-ring (bicyclic) bond motifs is 1. The number of alkyl halides is 3. The van der Waals surface area contributed by atoms with E-state index in [0.717, 1.165) is 52.6 Å². The summed E-state index contributed by atoms with van der Waals surface area (Å²) in [4.78, 5) is 28.5. The third-order valence-electron chi connectivity index (χ3n) is 11.0. The summed E-state index contributed by atoms with van der Waals surface area (Å²) in [7, 11) is 0. The molecule has 11 heteroatoms. The number of rotatable bonds is 9. The second-order valence-corrected chi connectivity index (χ2v) is 18.3. The predicted octanol–water partition coefficient (Wildman–Crippen LogP) is 8.56. The molecule has 2 saturated heterocycles. The van der Waals surface area contributed by atoms with Crippen molar-refractivity contribution in [1.29, 1.82) is 0 Å². The van der Waals surface area contributed by atoms with Gasteiger partial charge in [-0.05, 0) is 92.3 Å². The SMILES string of the molecule is C[C@H]1[C@@H](CN2[C@@H](C(=O)NC(C)(C)C)CC[C@H]3CCCC[C@H]32)O[C@@H](c2cccc(-c3cccc(CNC(=O)C(Cl)(Cl)Cl)c3)c2)O[C@H]1c1ccc(CO)cc1. The fourth-order valence-corrected chi connectivity index (χ4v) is 8.47. The zero-order chi connectivity index (χ0) is 37.9. The summed E-state index contributed by atoms with van der Waals surface area (Å²) < 4.78 is 11.8. The number of nitrogens with zero attached hydrogens (tertiary/aromatic N) is 1. The van der Waals surface area contributed by atoms with Gasteiger partial charge in [-0.1, -0.05) is 115 Å². The first kappa shape index (κ1) is 40.0. The first-order valence-electron chi connectivity index (χ1n) is 18.8. The molecular formula is C42H52Cl3N3O5. The van der Waals surface area contributed by atoms with E-state index in [0.29, 0.717) is 18.5 Å². The Labute approximate surface area is 328 Å². The average Bonchev–Trinajstić information content (AvgIpc) is 3.13. The van der Waals surface area contributed by atoms with Gasteiger partial charge < -0.3 is 25.2 Å². The van der Waals surface area contributed by atoms with E-state index in [2.05, 4.69) is 28.5 Å². The second kappa shape index (κ2) is 17.0. The molecule has 8 nitrogen and oxygen atoms in total. The molecule has 3 aromatic rings. The van der Waals surface area contributed by atoms with E-state index in [9.17, 15) is 14.7 Å². The molecule has 1 aliphatic carbocycles. The average molecular weight is 785 g/mol. The summed E-state index contributed by atoms with van der Waals surface area (Å²) in [6, 6.07) is 24.1. The second-order valence-electron chi connectivity index (χ2n) is 16.0. The Kier molecular flexibility index (Phi) is 12.8. The molecule has 0 radical (unpaired) electrons. The van der Waals surface area contributed by atoms with Crippen LogP contribution in [0.5, 0.6) is 0 Å². The summed E-state index contributed by atoms with van der Waals surface area (Å²) >= 11 is 17.2. The van der Waals surface area contributed by atoms with E-state index in [1.165, 1.54) is 19.3 Å². The lowest BCUT2D eigenvalue weighted by Crippen LogP contribution is -2.61.